The maximum Gasteiger partial charge on any atom is 0.211 e. The summed E-state index contributed by atoms with van der Waals surface area (Å²) < 4.78 is 12.0. The summed E-state index contributed by atoms with van der Waals surface area (Å²) in [6.07, 6.45) is 1.53. The first-order chi connectivity index (χ1) is 11.1. The Bertz CT molecular complexity index is 728. The van der Waals surface area contributed by atoms with Crippen molar-refractivity contribution in [2.24, 2.45) is 21.7 Å². The number of methoxy groups -OCH3 is 1. The van der Waals surface area contributed by atoms with Gasteiger partial charge in [0, 0.05) is 10.0 Å². The minimum absolute atomic E-state index is 0.102. The Morgan fingerprint density at radius 2 is 2.04 bits per heavy atom. The predicted molar refractivity (Wildman–Crippen MR) is 94.9 cm³/mol. The van der Waals surface area contributed by atoms with Crippen molar-refractivity contribution in [3.8, 4) is 11.5 Å². The van der Waals surface area contributed by atoms with E-state index in [1.807, 2.05) is 42.5 Å². The zero-order valence-electron chi connectivity index (χ0n) is 12.6. The van der Waals surface area contributed by atoms with Crippen molar-refractivity contribution in [1.82, 2.24) is 0 Å². The van der Waals surface area contributed by atoms with Gasteiger partial charge in [-0.25, -0.2) is 0 Å². The molecule has 0 fully saturated rings. The molecule has 120 valence electrons. The van der Waals surface area contributed by atoms with Gasteiger partial charge in [-0.15, -0.1) is 5.10 Å². The molecule has 2 rings (SSSR count). The highest BCUT2D eigenvalue weighted by atomic mass is 79.9. The lowest BCUT2D eigenvalue weighted by atomic mass is 10.2. The fraction of sp³-hybridized carbons (Fsp3) is 0.125. The maximum atomic E-state index is 5.86. The van der Waals surface area contributed by atoms with Crippen LogP contribution in [0.25, 0.3) is 0 Å². The van der Waals surface area contributed by atoms with Gasteiger partial charge in [-0.3, -0.25) is 0 Å². The quantitative estimate of drug-likeness (QED) is 0.460. The molecule has 7 heteroatoms. The van der Waals surface area contributed by atoms with Crippen molar-refractivity contribution in [1.29, 1.82) is 0 Å². The molecule has 0 atom stereocenters. The monoisotopic (exact) mass is 376 g/mol. The standard InChI is InChI=1S/C16H17BrN4O2/c1-22-14-4-2-3-11(7-14)10-23-15-6-5-13(17)8-12(15)9-20-21-16(18)19/h2-9H,10H2,1H3,(H4,18,19,21). The van der Waals surface area contributed by atoms with E-state index < -0.39 is 0 Å². The molecule has 23 heavy (non-hydrogen) atoms. The molecule has 0 saturated heterocycles. The molecule has 0 aliphatic carbocycles. The van der Waals surface area contributed by atoms with Gasteiger partial charge in [-0.05, 0) is 35.9 Å². The number of nitrogens with two attached hydrogens (primary N) is 2. The first kappa shape index (κ1) is 16.8. The van der Waals surface area contributed by atoms with E-state index in [4.69, 9.17) is 20.9 Å². The topological polar surface area (TPSA) is 95.2 Å². The van der Waals surface area contributed by atoms with Gasteiger partial charge in [0.1, 0.15) is 18.1 Å². The van der Waals surface area contributed by atoms with Gasteiger partial charge < -0.3 is 20.9 Å². The van der Waals surface area contributed by atoms with E-state index in [1.54, 1.807) is 7.11 Å². The van der Waals surface area contributed by atoms with Crippen molar-refractivity contribution < 1.29 is 9.47 Å². The van der Waals surface area contributed by atoms with Crippen LogP contribution < -0.4 is 20.9 Å². The van der Waals surface area contributed by atoms with E-state index >= 15 is 0 Å². The van der Waals surface area contributed by atoms with Crippen LogP contribution in [0, 0.1) is 0 Å². The first-order valence-electron chi connectivity index (χ1n) is 6.75. The normalized spacial score (nSPS) is 10.5. The lowest BCUT2D eigenvalue weighted by molar-refractivity contribution is 0.304. The molecule has 0 aromatic heterocycles. The van der Waals surface area contributed by atoms with Crippen LogP contribution >= 0.6 is 15.9 Å². The molecule has 6 nitrogen and oxygen atoms in total. The average Bonchev–Trinajstić information content (AvgIpc) is 2.54. The van der Waals surface area contributed by atoms with E-state index in [9.17, 15) is 0 Å². The van der Waals surface area contributed by atoms with E-state index in [2.05, 4.69) is 26.1 Å². The highest BCUT2D eigenvalue weighted by Crippen LogP contribution is 2.23. The number of guanidine groups is 1. The van der Waals surface area contributed by atoms with Gasteiger partial charge >= 0.3 is 0 Å². The number of nitrogens with zero attached hydrogens (tertiary/aromatic N) is 2. The van der Waals surface area contributed by atoms with Crippen molar-refractivity contribution >= 4 is 28.1 Å². The lowest BCUT2D eigenvalue weighted by Crippen LogP contribution is -2.21. The van der Waals surface area contributed by atoms with Crippen molar-refractivity contribution in [2.45, 2.75) is 6.61 Å². The summed E-state index contributed by atoms with van der Waals surface area (Å²) in [5, 5.41) is 7.40. The van der Waals surface area contributed by atoms with Gasteiger partial charge in [0.15, 0.2) is 0 Å². The molecule has 0 amide bonds. The van der Waals surface area contributed by atoms with E-state index in [0.717, 1.165) is 21.3 Å². The van der Waals surface area contributed by atoms with Gasteiger partial charge in [-0.2, -0.15) is 5.10 Å². The summed E-state index contributed by atoms with van der Waals surface area (Å²) >= 11 is 3.41. The zero-order valence-corrected chi connectivity index (χ0v) is 14.2. The Kier molecular flexibility index (Phi) is 5.99. The van der Waals surface area contributed by atoms with Crippen LogP contribution in [0.4, 0.5) is 0 Å². The van der Waals surface area contributed by atoms with Crippen LogP contribution in [-0.2, 0) is 6.61 Å². The molecular weight excluding hydrogens is 360 g/mol. The highest BCUT2D eigenvalue weighted by molar-refractivity contribution is 9.10. The smallest absolute Gasteiger partial charge is 0.211 e. The minimum Gasteiger partial charge on any atom is -0.497 e. The van der Waals surface area contributed by atoms with Gasteiger partial charge in [-0.1, -0.05) is 28.1 Å². The summed E-state index contributed by atoms with van der Waals surface area (Å²) in [5.41, 5.74) is 12.3. The zero-order chi connectivity index (χ0) is 16.7. The minimum atomic E-state index is -0.102. The molecule has 0 bridgehead atoms. The third-order valence-electron chi connectivity index (χ3n) is 2.87. The summed E-state index contributed by atoms with van der Waals surface area (Å²) in [7, 11) is 1.63. The summed E-state index contributed by atoms with van der Waals surface area (Å²) in [6, 6.07) is 13.3. The van der Waals surface area contributed by atoms with Crippen LogP contribution in [0.15, 0.2) is 57.1 Å². The Labute approximate surface area is 142 Å². The Balaban J connectivity index is 2.15. The second-order valence-corrected chi connectivity index (χ2v) is 5.51. The van der Waals surface area contributed by atoms with Crippen LogP contribution in [0.2, 0.25) is 0 Å². The number of ether oxygens (including phenoxy) is 2. The molecule has 2 aromatic carbocycles. The molecule has 0 spiro atoms. The Morgan fingerprint density at radius 3 is 2.78 bits per heavy atom. The summed E-state index contributed by atoms with van der Waals surface area (Å²) in [4.78, 5) is 0. The van der Waals surface area contributed by atoms with Gasteiger partial charge in [0.05, 0.1) is 13.3 Å². The molecule has 0 aliphatic heterocycles. The number of benzene rings is 2. The number of hydrogen-bond acceptors (Lipinski definition) is 4. The third-order valence-corrected chi connectivity index (χ3v) is 3.36. The molecule has 2 aromatic rings. The van der Waals surface area contributed by atoms with E-state index in [0.29, 0.717) is 12.4 Å². The molecule has 0 unspecified atom stereocenters. The number of hydrogen-bond donors (Lipinski definition) is 2. The van der Waals surface area contributed by atoms with Crippen LogP contribution in [0.3, 0.4) is 0 Å². The van der Waals surface area contributed by atoms with Crippen LogP contribution in [-0.4, -0.2) is 19.3 Å². The van der Waals surface area contributed by atoms with Crippen LogP contribution in [0.5, 0.6) is 11.5 Å². The summed E-state index contributed by atoms with van der Waals surface area (Å²) in [6.45, 7) is 0.405. The molecule has 4 N–H and O–H groups in total. The second-order valence-electron chi connectivity index (χ2n) is 4.59. The second kappa shape index (κ2) is 8.19. The fourth-order valence-electron chi connectivity index (χ4n) is 1.83. The highest BCUT2D eigenvalue weighted by Gasteiger charge is 2.04. The van der Waals surface area contributed by atoms with Gasteiger partial charge in [0.25, 0.3) is 0 Å². The molecule has 0 aliphatic rings. The van der Waals surface area contributed by atoms with E-state index in [1.165, 1.54) is 6.21 Å². The van der Waals surface area contributed by atoms with Crippen LogP contribution in [0.1, 0.15) is 11.1 Å². The lowest BCUT2D eigenvalue weighted by Gasteiger charge is -2.10. The van der Waals surface area contributed by atoms with E-state index in [-0.39, 0.29) is 5.96 Å². The number of halogens is 1. The average molecular weight is 377 g/mol. The SMILES string of the molecule is COc1cccc(COc2ccc(Br)cc2C=NN=C(N)N)c1. The summed E-state index contributed by atoms with van der Waals surface area (Å²) in [5.74, 6) is 1.36. The Hall–Kier alpha value is -2.54. The predicted octanol–water partition coefficient (Wildman–Crippen LogP) is 2.64. The molecule has 0 saturated carbocycles. The molecule has 0 radical (unpaired) electrons. The number of rotatable bonds is 6. The van der Waals surface area contributed by atoms with Crippen molar-refractivity contribution in [2.75, 3.05) is 7.11 Å². The molecular formula is C16H17BrN4O2. The van der Waals surface area contributed by atoms with Crippen molar-refractivity contribution in [3.05, 3.63) is 58.1 Å². The van der Waals surface area contributed by atoms with Gasteiger partial charge in [0.2, 0.25) is 5.96 Å². The molecule has 0 heterocycles. The fourth-order valence-corrected chi connectivity index (χ4v) is 2.21. The third kappa shape index (κ3) is 5.30. The van der Waals surface area contributed by atoms with Crippen molar-refractivity contribution in [3.63, 3.8) is 0 Å². The maximum absolute atomic E-state index is 5.86. The first-order valence-corrected chi connectivity index (χ1v) is 7.55. The Morgan fingerprint density at radius 1 is 1.22 bits per heavy atom. The largest absolute Gasteiger partial charge is 0.497 e.